The van der Waals surface area contributed by atoms with Gasteiger partial charge < -0.3 is 19.6 Å². The van der Waals surface area contributed by atoms with E-state index >= 15 is 0 Å². The highest BCUT2D eigenvalue weighted by molar-refractivity contribution is 5.76. The highest BCUT2D eigenvalue weighted by Crippen LogP contribution is 2.21. The van der Waals surface area contributed by atoms with Gasteiger partial charge in [-0.05, 0) is 81.9 Å². The van der Waals surface area contributed by atoms with Crippen LogP contribution in [-0.4, -0.2) is 34.8 Å². The van der Waals surface area contributed by atoms with E-state index in [1.807, 2.05) is 42.5 Å². The molecule has 0 radical (unpaired) electrons. The molecule has 0 spiro atoms. The van der Waals surface area contributed by atoms with Gasteiger partial charge in [-0.1, -0.05) is 31.2 Å². The van der Waals surface area contributed by atoms with E-state index in [2.05, 4.69) is 17.2 Å². The molecule has 1 atom stereocenters. The van der Waals surface area contributed by atoms with Gasteiger partial charge in [0.25, 0.3) is 0 Å². The van der Waals surface area contributed by atoms with Crippen molar-refractivity contribution in [1.82, 2.24) is 10.3 Å². The van der Waals surface area contributed by atoms with Gasteiger partial charge in [-0.15, -0.1) is 0 Å². The monoisotopic (exact) mass is 424 g/mol. The molecule has 0 saturated carbocycles. The molecule has 1 aromatic heterocycles. The Labute approximate surface area is 183 Å². The van der Waals surface area contributed by atoms with Gasteiger partial charge in [0, 0.05) is 6.42 Å². The fourth-order valence-electron chi connectivity index (χ4n) is 3.40. The third-order valence-electron chi connectivity index (χ3n) is 5.28. The van der Waals surface area contributed by atoms with E-state index in [1.165, 1.54) is 0 Å². The number of nitrogens with one attached hydrogen (secondary N) is 1. The summed E-state index contributed by atoms with van der Waals surface area (Å²) < 4.78 is 11.4. The summed E-state index contributed by atoms with van der Waals surface area (Å²) in [5.41, 5.74) is 1.67. The molecule has 0 aliphatic rings. The van der Waals surface area contributed by atoms with Crippen LogP contribution in [-0.2, 0) is 17.6 Å². The van der Waals surface area contributed by atoms with E-state index in [0.717, 1.165) is 61.3 Å². The number of aliphatic carboxylic acids is 1. The number of carboxylic acids is 1. The van der Waals surface area contributed by atoms with Gasteiger partial charge in [0.1, 0.15) is 11.3 Å². The molecule has 1 unspecified atom stereocenters. The molecule has 2 aromatic carbocycles. The minimum absolute atomic E-state index is 0.493. The number of nitrogens with zero attached hydrogens (tertiary/aromatic N) is 1. The molecule has 3 rings (SSSR count). The average Bonchev–Trinajstić information content (AvgIpc) is 3.12. The number of ether oxygens (including phenoxy) is 1. The first kappa shape index (κ1) is 22.8. The Kier molecular flexibility index (Phi) is 7.69. The largest absolute Gasteiger partial charge is 0.478 e. The van der Waals surface area contributed by atoms with Gasteiger partial charge >= 0.3 is 5.97 Å². The summed E-state index contributed by atoms with van der Waals surface area (Å²) in [6.07, 6.45) is 3.82. The van der Waals surface area contributed by atoms with Crippen LogP contribution < -0.4 is 10.1 Å². The average molecular weight is 425 g/mol. The number of fused-ring (bicyclic) bond motifs is 1. The molecule has 2 N–H and O–H groups in total. The van der Waals surface area contributed by atoms with Crippen LogP contribution in [0.2, 0.25) is 0 Å². The van der Waals surface area contributed by atoms with Crippen LogP contribution >= 0.6 is 0 Å². The Hall–Kier alpha value is -2.86. The zero-order valence-corrected chi connectivity index (χ0v) is 18.6. The number of aryl methyl sites for hydroxylation is 1. The molecular weight excluding hydrogens is 392 g/mol. The zero-order valence-electron chi connectivity index (χ0n) is 18.6. The number of hydrogen-bond donors (Lipinski definition) is 2. The molecule has 6 heteroatoms. The first-order chi connectivity index (χ1) is 14.8. The molecular formula is C25H32N2O4. The molecule has 31 heavy (non-hydrogen) atoms. The van der Waals surface area contributed by atoms with E-state index in [1.54, 1.807) is 19.9 Å². The Bertz CT molecular complexity index is 963. The van der Waals surface area contributed by atoms with Crippen LogP contribution in [0, 0.1) is 5.92 Å². The first-order valence-electron chi connectivity index (χ1n) is 10.9. The van der Waals surface area contributed by atoms with Crippen LogP contribution in [0.15, 0.2) is 52.9 Å². The number of carboxylic acid groups (broad SMARTS) is 1. The van der Waals surface area contributed by atoms with Crippen molar-refractivity contribution in [3.8, 4) is 5.75 Å². The van der Waals surface area contributed by atoms with Crippen LogP contribution in [0.25, 0.3) is 11.1 Å². The summed E-state index contributed by atoms with van der Waals surface area (Å²) in [6, 6.07) is 15.5. The van der Waals surface area contributed by atoms with Crippen molar-refractivity contribution in [3.63, 3.8) is 0 Å². The number of para-hydroxylation sites is 2. The number of benzene rings is 2. The van der Waals surface area contributed by atoms with Crippen molar-refractivity contribution in [2.24, 2.45) is 5.92 Å². The van der Waals surface area contributed by atoms with Gasteiger partial charge in [0.15, 0.2) is 17.1 Å². The third-order valence-corrected chi connectivity index (χ3v) is 5.28. The molecule has 6 nitrogen and oxygen atoms in total. The van der Waals surface area contributed by atoms with Crippen LogP contribution in [0.3, 0.4) is 0 Å². The summed E-state index contributed by atoms with van der Waals surface area (Å²) in [4.78, 5) is 15.8. The maximum Gasteiger partial charge on any atom is 0.347 e. The molecule has 1 heterocycles. The van der Waals surface area contributed by atoms with Crippen molar-refractivity contribution >= 4 is 17.1 Å². The smallest absolute Gasteiger partial charge is 0.347 e. The lowest BCUT2D eigenvalue weighted by Crippen LogP contribution is -2.37. The highest BCUT2D eigenvalue weighted by atomic mass is 16.5. The second-order valence-electron chi connectivity index (χ2n) is 8.59. The van der Waals surface area contributed by atoms with Crippen LogP contribution in [0.5, 0.6) is 5.75 Å². The number of oxazole rings is 1. The van der Waals surface area contributed by atoms with E-state index < -0.39 is 11.6 Å². The lowest BCUT2D eigenvalue weighted by atomic mass is 10.0. The van der Waals surface area contributed by atoms with Crippen molar-refractivity contribution < 1.29 is 19.1 Å². The van der Waals surface area contributed by atoms with E-state index in [-0.39, 0.29) is 0 Å². The molecule has 0 saturated heterocycles. The fraction of sp³-hybridized carbons (Fsp3) is 0.440. The minimum atomic E-state index is -1.24. The van der Waals surface area contributed by atoms with Crippen LogP contribution in [0.4, 0.5) is 0 Å². The van der Waals surface area contributed by atoms with Crippen molar-refractivity contribution in [1.29, 1.82) is 0 Å². The summed E-state index contributed by atoms with van der Waals surface area (Å²) in [6.45, 7) is 7.22. The van der Waals surface area contributed by atoms with Crippen LogP contribution in [0.1, 0.15) is 45.1 Å². The summed E-state index contributed by atoms with van der Waals surface area (Å²) in [7, 11) is 0. The maximum absolute atomic E-state index is 11.2. The van der Waals surface area contributed by atoms with Gasteiger partial charge in [-0.2, -0.15) is 0 Å². The fourth-order valence-corrected chi connectivity index (χ4v) is 3.40. The van der Waals surface area contributed by atoms with E-state index in [9.17, 15) is 9.90 Å². The molecule has 166 valence electrons. The molecule has 3 aromatic rings. The zero-order chi connectivity index (χ0) is 22.3. The number of carbonyl (C=O) groups is 1. The summed E-state index contributed by atoms with van der Waals surface area (Å²) >= 11 is 0. The predicted octanol–water partition coefficient (Wildman–Crippen LogP) is 4.86. The summed E-state index contributed by atoms with van der Waals surface area (Å²) in [5.74, 6) is 0.909. The first-order valence-corrected chi connectivity index (χ1v) is 10.9. The normalized spacial score (nSPS) is 12.7. The molecule has 0 aliphatic carbocycles. The predicted molar refractivity (Wildman–Crippen MR) is 121 cm³/mol. The van der Waals surface area contributed by atoms with Crippen molar-refractivity contribution in [2.45, 2.75) is 52.1 Å². The standard InChI is InChI=1S/C25H32N2O4/c1-18(16-23-27-21-11-4-5-12-22(21)30-23)13-15-26-14-7-9-19-8-6-10-20(17-19)31-25(2,3)24(28)29/h4-6,8,10-12,17-18,26H,7,9,13-16H2,1-3H3,(H,28,29). The molecule has 0 amide bonds. The maximum atomic E-state index is 11.2. The number of hydrogen-bond acceptors (Lipinski definition) is 5. The molecule has 0 bridgehead atoms. The highest BCUT2D eigenvalue weighted by Gasteiger charge is 2.29. The van der Waals surface area contributed by atoms with Crippen molar-refractivity contribution in [2.75, 3.05) is 13.1 Å². The third kappa shape index (κ3) is 6.82. The summed E-state index contributed by atoms with van der Waals surface area (Å²) in [5, 5.41) is 12.7. The second kappa shape index (κ2) is 10.4. The van der Waals surface area contributed by atoms with Gasteiger partial charge in [-0.3, -0.25) is 0 Å². The van der Waals surface area contributed by atoms with Crippen molar-refractivity contribution in [3.05, 3.63) is 60.0 Å². The minimum Gasteiger partial charge on any atom is -0.478 e. The Morgan fingerprint density at radius 2 is 2.00 bits per heavy atom. The topological polar surface area (TPSA) is 84.6 Å². The van der Waals surface area contributed by atoms with Gasteiger partial charge in [0.2, 0.25) is 0 Å². The van der Waals surface area contributed by atoms with E-state index in [4.69, 9.17) is 9.15 Å². The lowest BCUT2D eigenvalue weighted by molar-refractivity contribution is -0.152. The van der Waals surface area contributed by atoms with E-state index in [0.29, 0.717) is 11.7 Å². The number of aromatic nitrogens is 1. The van der Waals surface area contributed by atoms with Gasteiger partial charge in [0.05, 0.1) is 0 Å². The lowest BCUT2D eigenvalue weighted by Gasteiger charge is -2.21. The quantitative estimate of drug-likeness (QED) is 0.404. The molecule has 0 fully saturated rings. The molecule has 0 aliphatic heterocycles. The van der Waals surface area contributed by atoms with Gasteiger partial charge in [-0.25, -0.2) is 9.78 Å². The SMILES string of the molecule is CC(CCNCCCc1cccc(OC(C)(C)C(=O)O)c1)Cc1nc2ccccc2o1. The Morgan fingerprint density at radius 1 is 1.19 bits per heavy atom. The second-order valence-corrected chi connectivity index (χ2v) is 8.59. The Morgan fingerprint density at radius 3 is 2.77 bits per heavy atom. The Balaban J connectivity index is 1.34. The number of rotatable bonds is 12.